The standard InChI is InChI=1S/C39H43F9N2O4.C37H39F9N2O4.Li.H2O.2H2S/c1-7-54-32(53)16-25(34-36(41)26(17-28(37(34)42)39(46,47)48)33-21(4)14-22(5)35(40)23(33)6)15-30(51)29(13-20(2)3)50-19-24(9-12-49-10-8-11-49)27(18-31(50)52)38(43,44)45;1-18(2)11-27(48-17-22(7-10-47-8-6-9-47)25(16-29(48)50)36(41,42)43)28(49)13-23(14-30(51)52)32-34(39)24(15-26(35(32)40)37(44,45)46)31-19(3)12-20(4)33(38)21(31)5;;;;/h14,17-20,25,29H,7-13,15-16H2,1-6H3;12,15-18,23,27H,6-11,13-14H2,1-5H3,(H,51,52);;3*1H2/q;;+1;;;/p-1/t25-,29?;23-,27?;;;;/m00..../s1. The van der Waals surface area contributed by atoms with E-state index in [-0.39, 0.29) is 170 Å². The molecule has 4 heterocycles. The normalized spacial score (nSPS) is 14.5. The van der Waals surface area contributed by atoms with Gasteiger partial charge < -0.3 is 34.3 Å². The number of Topliss-reactive ketones (excluding diaryl/α,β-unsaturated/α-hetero) is 2. The number of carbonyl (C=O) groups excluding carboxylic acids is 3. The van der Waals surface area contributed by atoms with Crippen LogP contribution in [-0.2, 0) is 61.5 Å². The van der Waals surface area contributed by atoms with Gasteiger partial charge in [-0.1, -0.05) is 39.8 Å². The van der Waals surface area contributed by atoms with Gasteiger partial charge in [-0.3, -0.25) is 28.8 Å². The van der Waals surface area contributed by atoms with Crippen molar-refractivity contribution < 1.29 is 132 Å². The first-order valence-corrected chi connectivity index (χ1v) is 34.3. The number of aliphatic carboxylic acids is 1. The number of ether oxygens (including phenoxy) is 1. The molecule has 0 saturated carbocycles. The Labute approximate surface area is 649 Å². The van der Waals surface area contributed by atoms with Gasteiger partial charge >= 0.3 is 55.5 Å². The van der Waals surface area contributed by atoms with E-state index in [4.69, 9.17) is 4.74 Å². The first kappa shape index (κ1) is 97.2. The Morgan fingerprint density at radius 3 is 1.08 bits per heavy atom. The molecule has 4 atom stereocenters. The van der Waals surface area contributed by atoms with Gasteiger partial charge in [0.15, 0.2) is 11.6 Å². The van der Waals surface area contributed by atoms with Crippen LogP contribution in [0.25, 0.3) is 22.3 Å². The summed E-state index contributed by atoms with van der Waals surface area (Å²) in [5.74, 6) is -18.8. The van der Waals surface area contributed by atoms with Gasteiger partial charge in [0.2, 0.25) is 0 Å². The summed E-state index contributed by atoms with van der Waals surface area (Å²) in [7, 11) is 0. The Kier molecular flexibility index (Phi) is 34.6. The van der Waals surface area contributed by atoms with E-state index in [1.54, 1.807) is 27.7 Å². The third-order valence-corrected chi connectivity index (χ3v) is 19.3. The van der Waals surface area contributed by atoms with Crippen molar-refractivity contribution in [1.29, 1.82) is 0 Å². The Morgan fingerprint density at radius 2 is 0.800 bits per heavy atom. The van der Waals surface area contributed by atoms with Gasteiger partial charge in [-0.05, 0) is 193 Å². The van der Waals surface area contributed by atoms with Crippen LogP contribution in [-0.4, -0.2) is 98.9 Å². The Hall–Kier alpha value is -7.02. The molecule has 0 radical (unpaired) electrons. The fraction of sp³-hybridized carbons (Fsp3) is 0.500. The van der Waals surface area contributed by atoms with Crippen LogP contribution in [0.1, 0.15) is 188 Å². The maximum absolute atomic E-state index is 16.7. The van der Waals surface area contributed by atoms with Crippen molar-refractivity contribution >= 4 is 50.5 Å². The van der Waals surface area contributed by atoms with E-state index in [0.717, 1.165) is 34.4 Å². The summed E-state index contributed by atoms with van der Waals surface area (Å²) in [6.07, 6.45) is -22.0. The first-order valence-electron chi connectivity index (χ1n) is 34.3. The van der Waals surface area contributed by atoms with Crippen LogP contribution in [0.5, 0.6) is 0 Å². The number of aromatic nitrogens is 2. The van der Waals surface area contributed by atoms with E-state index in [1.165, 1.54) is 60.6 Å². The van der Waals surface area contributed by atoms with E-state index in [0.29, 0.717) is 38.3 Å². The summed E-state index contributed by atoms with van der Waals surface area (Å²) in [6, 6.07) is 0.553. The number of carboxylic acids is 1. The van der Waals surface area contributed by atoms with Crippen LogP contribution >= 0.6 is 27.0 Å². The predicted octanol–water partition coefficient (Wildman–Crippen LogP) is 15.4. The molecule has 6 aromatic rings. The number of esters is 1. The molecule has 0 bridgehead atoms. The summed E-state index contributed by atoms with van der Waals surface area (Å²) in [5, 5.41) is 9.73. The molecule has 604 valence electrons. The zero-order valence-electron chi connectivity index (χ0n) is 62.4. The second-order valence-corrected chi connectivity index (χ2v) is 28.1. The van der Waals surface area contributed by atoms with Crippen molar-refractivity contribution in [2.45, 2.75) is 189 Å². The largest absolute Gasteiger partial charge is 1.00 e. The molecule has 2 saturated heterocycles. The SMILES string of the molecule is CCOC(=O)C[C@H](CC(=O)C(CC(C)C)n1cc(CCN2CCC2)c(C(F)(F)F)cc1=O)c1c(F)c(-c2c(C)cc(C)c(F)c2C)cc(C(F)(F)F)c1F.Cc1cc(C)c(-c2cc(C(F)(F)F)c(F)c([C@H](CC(=O)O)CC(=O)C(CC(C)C)n3cc(CCN4CCC4)c(C(F)(F)F)cc3=O)c2F)c(C)c1F.S.S.[Li+].[OH-]. The Balaban J connectivity index is 0.000000551. The minimum Gasteiger partial charge on any atom is -0.870 e. The summed E-state index contributed by atoms with van der Waals surface area (Å²) in [6.45, 7) is 18.9. The van der Waals surface area contributed by atoms with Crippen LogP contribution in [0.4, 0.5) is 79.0 Å². The van der Waals surface area contributed by atoms with Crippen molar-refractivity contribution in [3.05, 3.63) is 182 Å². The number of carboxylic acid groups (broad SMARTS) is 1. The summed E-state index contributed by atoms with van der Waals surface area (Å²) < 4.78 is 272. The van der Waals surface area contributed by atoms with Gasteiger partial charge in [0.25, 0.3) is 11.1 Å². The quantitative estimate of drug-likeness (QED) is 0.0295. The number of halogens is 18. The molecule has 2 unspecified atom stereocenters. The molecule has 2 N–H and O–H groups in total. The van der Waals surface area contributed by atoms with Crippen molar-refractivity contribution in [2.75, 3.05) is 45.9 Å². The average molecular weight is 1610 g/mol. The van der Waals surface area contributed by atoms with Crippen molar-refractivity contribution in [3.8, 4) is 22.3 Å². The fourth-order valence-electron chi connectivity index (χ4n) is 14.0. The van der Waals surface area contributed by atoms with Crippen LogP contribution in [0.15, 0.2) is 58.4 Å². The number of rotatable bonds is 27. The minimum absolute atomic E-state index is 0. The molecular weight excluding hydrogens is 1530 g/mol. The number of hydrogen-bond donors (Lipinski definition) is 1. The number of benzene rings is 4. The first-order chi connectivity index (χ1) is 49.1. The van der Waals surface area contributed by atoms with Gasteiger partial charge in [-0.15, -0.1) is 0 Å². The molecule has 4 aromatic carbocycles. The smallest absolute Gasteiger partial charge is 0.870 e. The van der Waals surface area contributed by atoms with Gasteiger partial charge in [0, 0.05) is 84.5 Å². The molecule has 0 aliphatic carbocycles. The molecule has 2 aliphatic heterocycles. The maximum atomic E-state index is 16.7. The molecule has 8 rings (SSSR count). The van der Waals surface area contributed by atoms with Crippen LogP contribution < -0.4 is 30.0 Å². The number of likely N-dealkylation sites (tertiary alicyclic amines) is 2. The van der Waals surface area contributed by atoms with E-state index in [1.807, 2.05) is 9.80 Å². The monoisotopic (exact) mass is 1610 g/mol. The zero-order chi connectivity index (χ0) is 79.5. The van der Waals surface area contributed by atoms with Crippen molar-refractivity contribution in [2.24, 2.45) is 11.8 Å². The van der Waals surface area contributed by atoms with E-state index in [2.05, 4.69) is 0 Å². The number of hydrogen-bond acceptors (Lipinski definition) is 10. The third-order valence-electron chi connectivity index (χ3n) is 19.3. The number of ketones is 2. The van der Waals surface area contributed by atoms with Crippen molar-refractivity contribution in [3.63, 3.8) is 0 Å². The Bertz CT molecular complexity index is 4440. The number of alkyl halides is 12. The van der Waals surface area contributed by atoms with Crippen molar-refractivity contribution in [1.82, 2.24) is 18.9 Å². The number of carbonyl (C=O) groups is 4. The molecule has 2 fully saturated rings. The molecule has 2 aliphatic rings. The maximum Gasteiger partial charge on any atom is 1.00 e. The minimum atomic E-state index is -5.44. The van der Waals surface area contributed by atoms with Crippen LogP contribution in [0, 0.1) is 88.3 Å². The molecular formula is C76H87F18LiN4O9S2. The fourth-order valence-corrected chi connectivity index (χ4v) is 14.0. The summed E-state index contributed by atoms with van der Waals surface area (Å²) in [5.41, 5.74) is -14.2. The third kappa shape index (κ3) is 22.9. The number of aryl methyl sites for hydroxylation is 4. The second-order valence-electron chi connectivity index (χ2n) is 28.1. The second kappa shape index (κ2) is 39.1. The number of nitrogens with zero attached hydrogens (tertiary/aromatic N) is 4. The molecule has 0 spiro atoms. The summed E-state index contributed by atoms with van der Waals surface area (Å²) >= 11 is 0. The molecule has 34 heteroatoms. The molecule has 0 amide bonds. The van der Waals surface area contributed by atoms with Crippen LogP contribution in [0.2, 0.25) is 0 Å². The predicted molar refractivity (Wildman–Crippen MR) is 381 cm³/mol. The molecule has 13 nitrogen and oxygen atoms in total. The zero-order valence-corrected chi connectivity index (χ0v) is 64.4. The Morgan fingerprint density at radius 1 is 0.473 bits per heavy atom. The topological polar surface area (TPSA) is 178 Å². The van der Waals surface area contributed by atoms with Crippen LogP contribution in [0.3, 0.4) is 0 Å². The van der Waals surface area contributed by atoms with Gasteiger partial charge in [-0.25, -0.2) is 26.3 Å². The average Bonchev–Trinajstić information content (AvgIpc) is 0.755. The molecule has 110 heavy (non-hydrogen) atoms. The molecule has 2 aromatic heterocycles. The van der Waals surface area contributed by atoms with E-state index >= 15 is 22.0 Å². The van der Waals surface area contributed by atoms with E-state index in [9.17, 15) is 90.9 Å². The van der Waals surface area contributed by atoms with Gasteiger partial charge in [-0.2, -0.15) is 79.7 Å². The van der Waals surface area contributed by atoms with E-state index < -0.39 is 194 Å². The number of pyridine rings is 2. The summed E-state index contributed by atoms with van der Waals surface area (Å²) in [4.78, 5) is 83.5. The van der Waals surface area contributed by atoms with Gasteiger partial charge in [0.05, 0.1) is 53.8 Å². The van der Waals surface area contributed by atoms with Gasteiger partial charge in [0.1, 0.15) is 34.9 Å².